The van der Waals surface area contributed by atoms with Crippen LogP contribution >= 0.6 is 0 Å². The van der Waals surface area contributed by atoms with Crippen molar-refractivity contribution in [3.63, 3.8) is 0 Å². The molecule has 0 radical (unpaired) electrons. The highest BCUT2D eigenvalue weighted by Gasteiger charge is 2.22. The lowest BCUT2D eigenvalue weighted by molar-refractivity contribution is -0.150. The monoisotopic (exact) mass is 736 g/mol. The van der Waals surface area contributed by atoms with Crippen LogP contribution in [0.25, 0.3) is 0 Å². The highest BCUT2D eigenvalue weighted by Crippen LogP contribution is 2.32. The van der Waals surface area contributed by atoms with Crippen LogP contribution in [0.15, 0.2) is 0 Å². The van der Waals surface area contributed by atoms with Crippen molar-refractivity contribution in [1.29, 1.82) is 0 Å². The topological polar surface area (TPSA) is 65.1 Å². The van der Waals surface area contributed by atoms with Crippen LogP contribution in [0.5, 0.6) is 0 Å². The molecular formula is C46H89NO5. The standard InChI is InChI=1S/C46H89NO5/c1-5-9-12-14-17-24-31-44(32-25-18-15-13-10-6-2)52-45(48)33-26-19-16-20-27-38-47(8-4)39-28-21-22-29-40-50-46(49)51-41-43-36-34-42(35-37-43)30-23-11-7-3/h42-44H,5-41H2,1-4H3. The number of rotatable bonds is 37. The zero-order valence-electron chi connectivity index (χ0n) is 35.4. The van der Waals surface area contributed by atoms with Crippen LogP contribution in [0, 0.1) is 11.8 Å². The molecule has 0 aromatic rings. The Morgan fingerprint density at radius 1 is 0.538 bits per heavy atom. The lowest BCUT2D eigenvalue weighted by atomic mass is 9.80. The number of esters is 1. The Kier molecular flexibility index (Phi) is 34.4. The molecule has 1 rings (SSSR count). The summed E-state index contributed by atoms with van der Waals surface area (Å²) in [5.41, 5.74) is 0. The molecule has 1 fully saturated rings. The van der Waals surface area contributed by atoms with Crippen molar-refractivity contribution < 1.29 is 23.8 Å². The SMILES string of the molecule is CCCCCCCCC(CCCCCCCC)OC(=O)CCCCCCCN(CC)CCCCCCOC(=O)OCC1CCC(CCCCC)CC1. The summed E-state index contributed by atoms with van der Waals surface area (Å²) in [6.07, 6.45) is 38.3. The summed E-state index contributed by atoms with van der Waals surface area (Å²) in [5, 5.41) is 0. The zero-order valence-corrected chi connectivity index (χ0v) is 35.4. The zero-order chi connectivity index (χ0) is 37.7. The third-order valence-corrected chi connectivity index (χ3v) is 11.6. The van der Waals surface area contributed by atoms with E-state index in [1.807, 2.05) is 0 Å². The molecule has 308 valence electrons. The molecule has 0 atom stereocenters. The lowest BCUT2D eigenvalue weighted by Gasteiger charge is -2.28. The van der Waals surface area contributed by atoms with Crippen molar-refractivity contribution in [3.05, 3.63) is 0 Å². The van der Waals surface area contributed by atoms with Gasteiger partial charge < -0.3 is 19.1 Å². The van der Waals surface area contributed by atoms with Crippen molar-refractivity contribution in [2.75, 3.05) is 32.8 Å². The van der Waals surface area contributed by atoms with Gasteiger partial charge in [0.15, 0.2) is 0 Å². The van der Waals surface area contributed by atoms with Crippen LogP contribution in [-0.4, -0.2) is 56.0 Å². The predicted octanol–water partition coefficient (Wildman–Crippen LogP) is 14.2. The minimum Gasteiger partial charge on any atom is -0.462 e. The van der Waals surface area contributed by atoms with E-state index < -0.39 is 6.16 Å². The molecule has 0 unspecified atom stereocenters. The summed E-state index contributed by atoms with van der Waals surface area (Å²) in [5.74, 6) is 1.44. The number of nitrogens with zero attached hydrogens (tertiary/aromatic N) is 1. The first-order valence-electron chi connectivity index (χ1n) is 23.2. The molecule has 6 heteroatoms. The second-order valence-electron chi connectivity index (χ2n) is 16.4. The van der Waals surface area contributed by atoms with Gasteiger partial charge in [0.25, 0.3) is 0 Å². The molecule has 0 spiro atoms. The third kappa shape index (κ3) is 30.1. The summed E-state index contributed by atoms with van der Waals surface area (Å²) in [6.45, 7) is 13.5. The number of hydrogen-bond acceptors (Lipinski definition) is 6. The first-order chi connectivity index (χ1) is 25.5. The van der Waals surface area contributed by atoms with Crippen LogP contribution in [0.3, 0.4) is 0 Å². The highest BCUT2D eigenvalue weighted by atomic mass is 16.7. The fraction of sp³-hybridized carbons (Fsp3) is 0.957. The molecule has 52 heavy (non-hydrogen) atoms. The quantitative estimate of drug-likeness (QED) is 0.0467. The number of carbonyl (C=O) groups is 2. The van der Waals surface area contributed by atoms with E-state index in [0.717, 1.165) is 64.1 Å². The molecule has 0 saturated heterocycles. The van der Waals surface area contributed by atoms with Crippen molar-refractivity contribution in [1.82, 2.24) is 4.90 Å². The Bertz CT molecular complexity index is 767. The molecule has 0 aromatic carbocycles. The number of carbonyl (C=O) groups excluding carboxylic acids is 2. The molecule has 1 aliphatic carbocycles. The van der Waals surface area contributed by atoms with Crippen molar-refractivity contribution in [2.24, 2.45) is 11.8 Å². The summed E-state index contributed by atoms with van der Waals surface area (Å²) >= 11 is 0. The van der Waals surface area contributed by atoms with Crippen molar-refractivity contribution in [3.8, 4) is 0 Å². The molecule has 0 heterocycles. The van der Waals surface area contributed by atoms with Crippen LogP contribution in [0.2, 0.25) is 0 Å². The van der Waals surface area contributed by atoms with Gasteiger partial charge >= 0.3 is 12.1 Å². The van der Waals surface area contributed by atoms with E-state index in [-0.39, 0.29) is 12.1 Å². The molecule has 0 aliphatic heterocycles. The second kappa shape index (κ2) is 36.7. The van der Waals surface area contributed by atoms with E-state index in [1.54, 1.807) is 0 Å². The highest BCUT2D eigenvalue weighted by molar-refractivity contribution is 5.69. The molecule has 0 bridgehead atoms. The maximum Gasteiger partial charge on any atom is 0.508 e. The van der Waals surface area contributed by atoms with E-state index in [2.05, 4.69) is 32.6 Å². The maximum absolute atomic E-state index is 12.7. The van der Waals surface area contributed by atoms with Crippen LogP contribution < -0.4 is 0 Å². The Hall–Kier alpha value is -1.30. The molecule has 0 amide bonds. The first kappa shape index (κ1) is 48.7. The number of unbranched alkanes of at least 4 members (excludes halogenated alkanes) is 19. The van der Waals surface area contributed by atoms with Gasteiger partial charge in [-0.05, 0) is 95.7 Å². The predicted molar refractivity (Wildman–Crippen MR) is 221 cm³/mol. The van der Waals surface area contributed by atoms with E-state index in [1.165, 1.54) is 161 Å². The fourth-order valence-corrected chi connectivity index (χ4v) is 7.92. The van der Waals surface area contributed by atoms with Gasteiger partial charge in [0.2, 0.25) is 0 Å². The number of ether oxygens (including phenoxy) is 3. The summed E-state index contributed by atoms with van der Waals surface area (Å²) in [7, 11) is 0. The summed E-state index contributed by atoms with van der Waals surface area (Å²) < 4.78 is 16.8. The van der Waals surface area contributed by atoms with E-state index in [4.69, 9.17) is 14.2 Å². The molecular weight excluding hydrogens is 647 g/mol. The number of hydrogen-bond donors (Lipinski definition) is 0. The van der Waals surface area contributed by atoms with Gasteiger partial charge in [-0.1, -0.05) is 163 Å². The van der Waals surface area contributed by atoms with Crippen LogP contribution in [-0.2, 0) is 19.0 Å². The third-order valence-electron chi connectivity index (χ3n) is 11.6. The smallest absolute Gasteiger partial charge is 0.462 e. The fourth-order valence-electron chi connectivity index (χ4n) is 7.92. The van der Waals surface area contributed by atoms with Gasteiger partial charge in [-0.15, -0.1) is 0 Å². The Balaban J connectivity index is 2.04. The normalized spacial score (nSPS) is 16.1. The Labute approximate surface area is 324 Å². The minimum atomic E-state index is -0.478. The maximum atomic E-state index is 12.7. The average Bonchev–Trinajstić information content (AvgIpc) is 3.15. The van der Waals surface area contributed by atoms with Crippen LogP contribution in [0.4, 0.5) is 4.79 Å². The first-order valence-corrected chi connectivity index (χ1v) is 23.2. The summed E-state index contributed by atoms with van der Waals surface area (Å²) in [4.78, 5) is 27.3. The summed E-state index contributed by atoms with van der Waals surface area (Å²) in [6, 6.07) is 0. The molecule has 0 aromatic heterocycles. The van der Waals surface area contributed by atoms with Crippen molar-refractivity contribution >= 4 is 12.1 Å². The van der Waals surface area contributed by atoms with E-state index in [0.29, 0.717) is 25.6 Å². The largest absolute Gasteiger partial charge is 0.508 e. The van der Waals surface area contributed by atoms with Gasteiger partial charge in [0.05, 0.1) is 13.2 Å². The van der Waals surface area contributed by atoms with Crippen LogP contribution in [0.1, 0.15) is 233 Å². The van der Waals surface area contributed by atoms with E-state index in [9.17, 15) is 9.59 Å². The van der Waals surface area contributed by atoms with Gasteiger partial charge in [-0.25, -0.2) is 4.79 Å². The minimum absolute atomic E-state index is 0.0336. The second-order valence-corrected chi connectivity index (χ2v) is 16.4. The van der Waals surface area contributed by atoms with E-state index >= 15 is 0 Å². The molecule has 1 aliphatic rings. The lowest BCUT2D eigenvalue weighted by Crippen LogP contribution is -2.25. The Morgan fingerprint density at radius 3 is 1.60 bits per heavy atom. The molecule has 0 N–H and O–H groups in total. The average molecular weight is 736 g/mol. The van der Waals surface area contributed by atoms with Gasteiger partial charge in [-0.2, -0.15) is 0 Å². The van der Waals surface area contributed by atoms with Gasteiger partial charge in [0.1, 0.15) is 6.10 Å². The Morgan fingerprint density at radius 2 is 1.02 bits per heavy atom. The van der Waals surface area contributed by atoms with Gasteiger partial charge in [0, 0.05) is 6.42 Å². The van der Waals surface area contributed by atoms with Gasteiger partial charge in [-0.3, -0.25) is 4.79 Å². The van der Waals surface area contributed by atoms with Crippen molar-refractivity contribution in [2.45, 2.75) is 239 Å². The molecule has 6 nitrogen and oxygen atoms in total. The molecule has 1 saturated carbocycles.